The zero-order valence-corrected chi connectivity index (χ0v) is 25.2. The maximum Gasteiger partial charge on any atom is 0.238 e. The summed E-state index contributed by atoms with van der Waals surface area (Å²) in [5.74, 6) is -3.14. The van der Waals surface area contributed by atoms with E-state index >= 15 is 4.39 Å². The van der Waals surface area contributed by atoms with Gasteiger partial charge in [0.2, 0.25) is 11.8 Å². The number of halogens is 5. The minimum absolute atomic E-state index is 0.0255. The zero-order chi connectivity index (χ0) is 30.9. The Hall–Kier alpha value is -2.44. The molecular formula is C30H33Cl2F3N4O4. The molecule has 1 aliphatic carbocycles. The molecule has 1 saturated carbocycles. The first-order chi connectivity index (χ1) is 20.3. The zero-order valence-electron chi connectivity index (χ0n) is 23.7. The van der Waals surface area contributed by atoms with Crippen LogP contribution in [0.3, 0.4) is 0 Å². The topological polar surface area (TPSA) is 113 Å². The molecular weight excluding hydrogens is 608 g/mol. The van der Waals surface area contributed by atoms with E-state index in [1.54, 1.807) is 32.0 Å². The third-order valence-corrected chi connectivity index (χ3v) is 10.3. The molecule has 2 saturated heterocycles. The highest BCUT2D eigenvalue weighted by Gasteiger charge is 2.78. The molecule has 43 heavy (non-hydrogen) atoms. The summed E-state index contributed by atoms with van der Waals surface area (Å²) in [6, 6.07) is 4.54. The molecule has 0 radical (unpaired) electrons. The number of carbonyl (C=O) groups excluding carboxylic acids is 2. The number of anilines is 1. The first kappa shape index (κ1) is 30.6. The third-order valence-electron chi connectivity index (χ3n) is 9.82. The molecule has 0 unspecified atom stereocenters. The molecule has 1 aromatic carbocycles. The number of hydrogen-bond acceptors (Lipinski definition) is 6. The molecule has 2 aromatic rings. The maximum atomic E-state index is 15.9. The SMILES string of the molecule is CC(C)(O)[C@@H]1CC[C@@H](NC(=O)[C@@H]2NC3(CC(CF)(CF)C3)[C@@]3(C(=O)Nc4cc(Cl)ccc43)[C@H]2c2ccnc(Cl)c2F)CO1. The number of pyridine rings is 1. The minimum Gasteiger partial charge on any atom is -0.388 e. The average Bonchev–Trinajstić information content (AvgIpc) is 3.41. The standard InChI is InChI=1S/C30H33Cl2F3N4O4/c1-27(2,42)20-6-4-16(10-43-20)37-25(40)23-21(17-7-8-36-24(32)22(17)35)30(29(39-23)11-28(12-29,13-33)14-34)18-5-3-15(31)9-19(18)38-26(30)41/h3,5,7-9,16,20-21,23,39,42H,4,6,10-14H2,1-2H3,(H,37,40)(H,38,41)/t16-,20+,21+,23-,30-/m1/s1. The predicted molar refractivity (Wildman–Crippen MR) is 154 cm³/mol. The summed E-state index contributed by atoms with van der Waals surface area (Å²) in [6.07, 6.45) is 1.67. The van der Waals surface area contributed by atoms with Gasteiger partial charge < -0.3 is 20.5 Å². The van der Waals surface area contributed by atoms with Crippen LogP contribution < -0.4 is 16.0 Å². The third kappa shape index (κ3) is 4.57. The number of rotatable bonds is 6. The van der Waals surface area contributed by atoms with E-state index in [2.05, 4.69) is 20.9 Å². The Morgan fingerprint density at radius 1 is 1.21 bits per heavy atom. The van der Waals surface area contributed by atoms with Crippen LogP contribution in [0.1, 0.15) is 56.6 Å². The van der Waals surface area contributed by atoms with Gasteiger partial charge in [-0.2, -0.15) is 0 Å². The molecule has 1 aromatic heterocycles. The number of aliphatic hydroxyl groups is 1. The molecule has 2 spiro atoms. The number of aromatic nitrogens is 1. The summed E-state index contributed by atoms with van der Waals surface area (Å²) in [6.45, 7) is 1.52. The lowest BCUT2D eigenvalue weighted by molar-refractivity contribution is -0.132. The molecule has 2 amide bonds. The van der Waals surface area contributed by atoms with Gasteiger partial charge in [0.25, 0.3) is 0 Å². The van der Waals surface area contributed by atoms with Crippen molar-refractivity contribution in [2.75, 3.05) is 25.3 Å². The Balaban J connectivity index is 1.46. The largest absolute Gasteiger partial charge is 0.388 e. The molecule has 13 heteroatoms. The van der Waals surface area contributed by atoms with E-state index in [1.165, 1.54) is 12.3 Å². The fourth-order valence-electron chi connectivity index (χ4n) is 7.98. The second kappa shape index (κ2) is 10.6. The molecule has 8 nitrogen and oxygen atoms in total. The fourth-order valence-corrected chi connectivity index (χ4v) is 8.32. The van der Waals surface area contributed by atoms with Crippen LogP contribution in [0.25, 0.3) is 0 Å². The summed E-state index contributed by atoms with van der Waals surface area (Å²) >= 11 is 12.4. The van der Waals surface area contributed by atoms with Crippen LogP contribution in [0.15, 0.2) is 30.5 Å². The molecule has 5 atom stereocenters. The summed E-state index contributed by atoms with van der Waals surface area (Å²) in [5, 5.41) is 19.4. The molecule has 232 valence electrons. The Kier molecular flexibility index (Phi) is 7.52. The van der Waals surface area contributed by atoms with Crippen LogP contribution in [0.2, 0.25) is 10.2 Å². The monoisotopic (exact) mass is 640 g/mol. The van der Waals surface area contributed by atoms with E-state index in [0.717, 1.165) is 0 Å². The number of carbonyl (C=O) groups is 2. The summed E-state index contributed by atoms with van der Waals surface area (Å²) in [4.78, 5) is 32.3. The van der Waals surface area contributed by atoms with Gasteiger partial charge in [-0.25, -0.2) is 9.37 Å². The van der Waals surface area contributed by atoms with Crippen molar-refractivity contribution >= 4 is 40.7 Å². The highest BCUT2D eigenvalue weighted by molar-refractivity contribution is 6.31. The first-order valence-electron chi connectivity index (χ1n) is 14.3. The normalized spacial score (nSPS) is 30.7. The van der Waals surface area contributed by atoms with Crippen molar-refractivity contribution in [1.29, 1.82) is 0 Å². The van der Waals surface area contributed by atoms with Crippen molar-refractivity contribution in [2.24, 2.45) is 5.41 Å². The summed E-state index contributed by atoms with van der Waals surface area (Å²) < 4.78 is 50.3. The van der Waals surface area contributed by atoms with Crippen molar-refractivity contribution in [3.05, 3.63) is 57.6 Å². The molecule has 4 aliphatic rings. The lowest BCUT2D eigenvalue weighted by Gasteiger charge is -2.59. The number of nitrogens with zero attached hydrogens (tertiary/aromatic N) is 1. The molecule has 0 bridgehead atoms. The Morgan fingerprint density at radius 2 is 1.93 bits per heavy atom. The van der Waals surface area contributed by atoms with Crippen LogP contribution >= 0.6 is 23.2 Å². The number of benzene rings is 1. The van der Waals surface area contributed by atoms with Gasteiger partial charge in [0.1, 0.15) is 5.41 Å². The van der Waals surface area contributed by atoms with Crippen molar-refractivity contribution in [3.8, 4) is 0 Å². The van der Waals surface area contributed by atoms with E-state index in [4.69, 9.17) is 27.9 Å². The van der Waals surface area contributed by atoms with E-state index in [-0.39, 0.29) is 25.0 Å². The van der Waals surface area contributed by atoms with Gasteiger partial charge in [0.05, 0.1) is 43.7 Å². The van der Waals surface area contributed by atoms with E-state index in [0.29, 0.717) is 29.1 Å². The molecule has 3 aliphatic heterocycles. The van der Waals surface area contributed by atoms with Gasteiger partial charge in [0.15, 0.2) is 11.0 Å². The average molecular weight is 642 g/mol. The van der Waals surface area contributed by atoms with Gasteiger partial charge in [-0.15, -0.1) is 0 Å². The number of nitrogens with one attached hydrogen (secondary N) is 3. The van der Waals surface area contributed by atoms with Gasteiger partial charge in [-0.05, 0) is 68.9 Å². The van der Waals surface area contributed by atoms with Crippen LogP contribution in [-0.2, 0) is 19.7 Å². The van der Waals surface area contributed by atoms with Crippen molar-refractivity contribution < 1.29 is 32.6 Å². The van der Waals surface area contributed by atoms with Gasteiger partial charge in [0, 0.05) is 33.8 Å². The Morgan fingerprint density at radius 3 is 2.56 bits per heavy atom. The van der Waals surface area contributed by atoms with E-state index in [1.807, 2.05) is 0 Å². The smallest absolute Gasteiger partial charge is 0.238 e. The Bertz CT molecular complexity index is 1450. The van der Waals surface area contributed by atoms with Crippen molar-refractivity contribution in [2.45, 2.75) is 80.2 Å². The van der Waals surface area contributed by atoms with Crippen LogP contribution in [-0.4, -0.2) is 71.2 Å². The van der Waals surface area contributed by atoms with Crippen molar-refractivity contribution in [3.63, 3.8) is 0 Å². The maximum absolute atomic E-state index is 15.9. The van der Waals surface area contributed by atoms with E-state index in [9.17, 15) is 23.5 Å². The second-order valence-corrected chi connectivity index (χ2v) is 13.8. The quantitative estimate of drug-likeness (QED) is 0.349. The highest BCUT2D eigenvalue weighted by atomic mass is 35.5. The number of fused-ring (bicyclic) bond motifs is 3. The van der Waals surface area contributed by atoms with Gasteiger partial charge >= 0.3 is 0 Å². The van der Waals surface area contributed by atoms with Crippen LogP contribution in [0.4, 0.5) is 18.9 Å². The Labute approximate surface area is 257 Å². The van der Waals surface area contributed by atoms with Gasteiger partial charge in [-0.1, -0.05) is 29.3 Å². The number of amides is 2. The molecule has 4 N–H and O–H groups in total. The summed E-state index contributed by atoms with van der Waals surface area (Å²) in [5.41, 5.74) is -4.57. The van der Waals surface area contributed by atoms with Crippen molar-refractivity contribution in [1.82, 2.24) is 15.6 Å². The molecule has 6 rings (SSSR count). The van der Waals surface area contributed by atoms with Crippen LogP contribution in [0.5, 0.6) is 0 Å². The molecule has 3 fully saturated rings. The first-order valence-corrected chi connectivity index (χ1v) is 15.0. The van der Waals surface area contributed by atoms with E-state index < -0.39 is 82.2 Å². The predicted octanol–water partition coefficient (Wildman–Crippen LogP) is 4.37. The number of ether oxygens (including phenoxy) is 1. The highest BCUT2D eigenvalue weighted by Crippen LogP contribution is 2.68. The lowest BCUT2D eigenvalue weighted by Crippen LogP contribution is -2.70. The van der Waals surface area contributed by atoms with Gasteiger partial charge in [-0.3, -0.25) is 23.7 Å². The summed E-state index contributed by atoms with van der Waals surface area (Å²) in [7, 11) is 0. The fraction of sp³-hybridized carbons (Fsp3) is 0.567. The lowest BCUT2D eigenvalue weighted by atomic mass is 9.46. The second-order valence-electron chi connectivity index (χ2n) is 13.0. The molecule has 4 heterocycles. The minimum atomic E-state index is -1.65. The number of hydrogen-bond donors (Lipinski definition) is 4. The van der Waals surface area contributed by atoms with Crippen LogP contribution in [0, 0.1) is 11.2 Å². The number of alkyl halides is 2.